The van der Waals surface area contributed by atoms with Crippen molar-refractivity contribution < 1.29 is 19.2 Å². The third-order valence-corrected chi connectivity index (χ3v) is 6.73. The van der Waals surface area contributed by atoms with Crippen LogP contribution in [0.2, 0.25) is 5.02 Å². The predicted octanol–water partition coefficient (Wildman–Crippen LogP) is 2.97. The SMILES string of the molecule is CCCC(C(=O)NC=O)N1Cc2c(csc2CNC(=O)Cc2ccc(C)c(Cl)c2)C1=O. The van der Waals surface area contributed by atoms with Crippen LogP contribution in [-0.4, -0.2) is 35.1 Å². The van der Waals surface area contributed by atoms with Gasteiger partial charge in [-0.2, -0.15) is 0 Å². The van der Waals surface area contributed by atoms with Crippen molar-refractivity contribution in [3.05, 3.63) is 55.7 Å². The van der Waals surface area contributed by atoms with Gasteiger partial charge in [-0.25, -0.2) is 0 Å². The lowest BCUT2D eigenvalue weighted by molar-refractivity contribution is -0.129. The molecule has 2 heterocycles. The van der Waals surface area contributed by atoms with E-state index < -0.39 is 11.9 Å². The van der Waals surface area contributed by atoms with Crippen LogP contribution in [0.1, 0.15) is 51.7 Å². The van der Waals surface area contributed by atoms with Crippen molar-refractivity contribution in [2.45, 2.75) is 52.2 Å². The molecule has 0 aliphatic carbocycles. The highest BCUT2D eigenvalue weighted by molar-refractivity contribution is 7.10. The second-order valence-electron chi connectivity index (χ2n) is 7.45. The molecule has 0 bridgehead atoms. The highest BCUT2D eigenvalue weighted by atomic mass is 35.5. The lowest BCUT2D eigenvalue weighted by Crippen LogP contribution is -2.46. The quantitative estimate of drug-likeness (QED) is 0.561. The number of rotatable bonds is 9. The number of benzene rings is 1. The van der Waals surface area contributed by atoms with Gasteiger partial charge in [-0.15, -0.1) is 11.3 Å². The van der Waals surface area contributed by atoms with E-state index in [9.17, 15) is 19.2 Å². The molecule has 1 aromatic heterocycles. The van der Waals surface area contributed by atoms with Crippen LogP contribution in [0.3, 0.4) is 0 Å². The average Bonchev–Trinajstić information content (AvgIpc) is 3.27. The number of thiophene rings is 1. The van der Waals surface area contributed by atoms with E-state index in [0.29, 0.717) is 36.4 Å². The number of imide groups is 1. The number of amides is 4. The molecule has 0 saturated carbocycles. The molecule has 1 aliphatic heterocycles. The average molecular weight is 462 g/mol. The van der Waals surface area contributed by atoms with E-state index in [1.807, 2.05) is 26.0 Å². The van der Waals surface area contributed by atoms with Crippen LogP contribution >= 0.6 is 22.9 Å². The zero-order valence-corrected chi connectivity index (χ0v) is 18.9. The van der Waals surface area contributed by atoms with Crippen LogP contribution in [0.4, 0.5) is 0 Å². The topological polar surface area (TPSA) is 95.6 Å². The maximum absolute atomic E-state index is 12.8. The number of fused-ring (bicyclic) bond motifs is 1. The van der Waals surface area contributed by atoms with Crippen molar-refractivity contribution in [1.29, 1.82) is 0 Å². The predicted molar refractivity (Wildman–Crippen MR) is 119 cm³/mol. The summed E-state index contributed by atoms with van der Waals surface area (Å²) in [6.45, 7) is 4.41. The Morgan fingerprint density at radius 2 is 2.13 bits per heavy atom. The fourth-order valence-electron chi connectivity index (χ4n) is 3.60. The Labute approximate surface area is 189 Å². The summed E-state index contributed by atoms with van der Waals surface area (Å²) >= 11 is 7.54. The molecule has 1 atom stereocenters. The van der Waals surface area contributed by atoms with Gasteiger partial charge >= 0.3 is 0 Å². The maximum Gasteiger partial charge on any atom is 0.256 e. The van der Waals surface area contributed by atoms with Crippen molar-refractivity contribution >= 4 is 47.1 Å². The number of hydrogen-bond acceptors (Lipinski definition) is 5. The van der Waals surface area contributed by atoms with Gasteiger partial charge in [0.05, 0.1) is 18.5 Å². The van der Waals surface area contributed by atoms with Gasteiger partial charge in [0, 0.05) is 21.8 Å². The summed E-state index contributed by atoms with van der Waals surface area (Å²) in [6.07, 6.45) is 1.70. The highest BCUT2D eigenvalue weighted by Gasteiger charge is 2.37. The van der Waals surface area contributed by atoms with Crippen molar-refractivity contribution in [3.8, 4) is 0 Å². The Balaban J connectivity index is 1.65. The maximum atomic E-state index is 12.8. The molecule has 0 radical (unpaired) electrons. The number of nitrogens with zero attached hydrogens (tertiary/aromatic N) is 1. The van der Waals surface area contributed by atoms with E-state index in [2.05, 4.69) is 10.6 Å². The third kappa shape index (κ3) is 5.14. The number of carbonyl (C=O) groups is 4. The molecule has 1 aromatic carbocycles. The number of carbonyl (C=O) groups excluding carboxylic acids is 4. The zero-order valence-electron chi connectivity index (χ0n) is 17.4. The minimum Gasteiger partial charge on any atom is -0.351 e. The highest BCUT2D eigenvalue weighted by Crippen LogP contribution is 2.33. The Hall–Kier alpha value is -2.71. The van der Waals surface area contributed by atoms with Gasteiger partial charge in [0.15, 0.2) is 0 Å². The smallest absolute Gasteiger partial charge is 0.256 e. The van der Waals surface area contributed by atoms with Crippen molar-refractivity contribution in [3.63, 3.8) is 0 Å². The first-order valence-corrected chi connectivity index (χ1v) is 11.3. The van der Waals surface area contributed by atoms with E-state index in [1.165, 1.54) is 16.2 Å². The van der Waals surface area contributed by atoms with Crippen LogP contribution in [0.15, 0.2) is 23.6 Å². The molecule has 31 heavy (non-hydrogen) atoms. The molecule has 4 amide bonds. The number of halogens is 1. The number of hydrogen-bond donors (Lipinski definition) is 2. The van der Waals surface area contributed by atoms with Gasteiger partial charge in [0.1, 0.15) is 6.04 Å². The lowest BCUT2D eigenvalue weighted by Gasteiger charge is -2.26. The van der Waals surface area contributed by atoms with Crippen molar-refractivity contribution in [1.82, 2.24) is 15.5 Å². The normalized spacial score (nSPS) is 13.6. The van der Waals surface area contributed by atoms with Crippen molar-refractivity contribution in [2.75, 3.05) is 0 Å². The van der Waals surface area contributed by atoms with Gasteiger partial charge in [0.2, 0.25) is 18.2 Å². The third-order valence-electron chi connectivity index (χ3n) is 5.29. The standard InChI is InChI=1S/C22H24ClN3O4S/c1-3-4-18(21(29)25-12-27)26-10-15-16(22(26)30)11-31-19(15)9-24-20(28)8-14-6-5-13(2)17(23)7-14/h5-7,11-12,18H,3-4,8-10H2,1-2H3,(H,24,28)(H,25,27,29). The molecule has 0 fully saturated rings. The summed E-state index contributed by atoms with van der Waals surface area (Å²) < 4.78 is 0. The number of nitrogens with one attached hydrogen (secondary N) is 2. The summed E-state index contributed by atoms with van der Waals surface area (Å²) in [5.74, 6) is -0.847. The summed E-state index contributed by atoms with van der Waals surface area (Å²) in [6, 6.07) is 4.84. The largest absolute Gasteiger partial charge is 0.351 e. The van der Waals surface area contributed by atoms with E-state index in [-0.39, 0.29) is 24.8 Å². The molecule has 2 N–H and O–H groups in total. The van der Waals surface area contributed by atoms with E-state index in [1.54, 1.807) is 11.4 Å². The Morgan fingerprint density at radius 3 is 2.81 bits per heavy atom. The first kappa shape index (κ1) is 23.0. The van der Waals surface area contributed by atoms with Gasteiger partial charge in [-0.05, 0) is 36.1 Å². The minimum absolute atomic E-state index is 0.141. The molecule has 3 rings (SSSR count). The summed E-state index contributed by atoms with van der Waals surface area (Å²) in [5.41, 5.74) is 3.17. The molecule has 1 unspecified atom stereocenters. The van der Waals surface area contributed by atoms with Crippen LogP contribution in [0, 0.1) is 6.92 Å². The Bertz CT molecular complexity index is 1020. The van der Waals surface area contributed by atoms with Crippen LogP contribution < -0.4 is 10.6 Å². The second-order valence-corrected chi connectivity index (χ2v) is 8.82. The molecule has 2 aromatic rings. The van der Waals surface area contributed by atoms with Gasteiger partial charge < -0.3 is 10.2 Å². The second kappa shape index (κ2) is 10.1. The first-order valence-electron chi connectivity index (χ1n) is 10.0. The number of aryl methyl sites for hydroxylation is 1. The van der Waals surface area contributed by atoms with Crippen LogP contribution in [-0.2, 0) is 33.9 Å². The van der Waals surface area contributed by atoms with E-state index in [0.717, 1.165) is 21.6 Å². The molecule has 164 valence electrons. The molecular weight excluding hydrogens is 438 g/mol. The summed E-state index contributed by atoms with van der Waals surface area (Å²) in [7, 11) is 0. The zero-order chi connectivity index (χ0) is 22.5. The monoisotopic (exact) mass is 461 g/mol. The Morgan fingerprint density at radius 1 is 1.35 bits per heavy atom. The van der Waals surface area contributed by atoms with Gasteiger partial charge in [-0.3, -0.25) is 24.5 Å². The first-order chi connectivity index (χ1) is 14.8. The fraction of sp³-hybridized carbons (Fsp3) is 0.364. The van der Waals surface area contributed by atoms with Gasteiger partial charge in [0.25, 0.3) is 5.91 Å². The Kier molecular flexibility index (Phi) is 7.46. The van der Waals surface area contributed by atoms with Crippen LogP contribution in [0.5, 0.6) is 0 Å². The minimum atomic E-state index is -0.700. The van der Waals surface area contributed by atoms with E-state index >= 15 is 0 Å². The molecule has 9 heteroatoms. The summed E-state index contributed by atoms with van der Waals surface area (Å²) in [4.78, 5) is 50.5. The molecule has 7 nitrogen and oxygen atoms in total. The fourth-order valence-corrected chi connectivity index (χ4v) is 4.78. The van der Waals surface area contributed by atoms with Gasteiger partial charge in [-0.1, -0.05) is 37.1 Å². The van der Waals surface area contributed by atoms with E-state index in [4.69, 9.17) is 11.6 Å². The molecule has 1 aliphatic rings. The summed E-state index contributed by atoms with van der Waals surface area (Å²) in [5, 5.41) is 7.44. The lowest BCUT2D eigenvalue weighted by atomic mass is 10.1. The van der Waals surface area contributed by atoms with Crippen LogP contribution in [0.25, 0.3) is 0 Å². The molecular formula is C22H24ClN3O4S. The molecule has 0 saturated heterocycles. The van der Waals surface area contributed by atoms with Crippen molar-refractivity contribution in [2.24, 2.45) is 0 Å². The molecule has 0 spiro atoms.